The minimum Gasteiger partial charge on any atom is -0.292 e. The maximum atomic E-state index is 13.9. The van der Waals surface area contributed by atoms with Crippen molar-refractivity contribution in [3.63, 3.8) is 0 Å². The van der Waals surface area contributed by atoms with E-state index in [4.69, 9.17) is 0 Å². The fraction of sp³-hybridized carbons (Fsp3) is 0.222. The Labute approximate surface area is 153 Å². The summed E-state index contributed by atoms with van der Waals surface area (Å²) >= 11 is 0. The Morgan fingerprint density at radius 2 is 1.70 bits per heavy atom. The predicted molar refractivity (Wildman–Crippen MR) is 95.1 cm³/mol. The summed E-state index contributed by atoms with van der Waals surface area (Å²) in [6, 6.07) is 9.54. The van der Waals surface area contributed by atoms with Crippen molar-refractivity contribution in [1.29, 1.82) is 0 Å². The lowest BCUT2D eigenvalue weighted by Crippen LogP contribution is -2.41. The van der Waals surface area contributed by atoms with Crippen molar-refractivity contribution in [2.45, 2.75) is 20.3 Å². The van der Waals surface area contributed by atoms with E-state index < -0.39 is 29.0 Å². The molecule has 27 heavy (non-hydrogen) atoms. The van der Waals surface area contributed by atoms with Crippen LogP contribution in [0.1, 0.15) is 18.9 Å². The summed E-state index contributed by atoms with van der Waals surface area (Å²) in [7, 11) is 0. The summed E-state index contributed by atoms with van der Waals surface area (Å²) in [5.41, 5.74) is -0.150. The number of aryl methyl sites for hydroxylation is 1. The molecule has 1 heterocycles. The lowest BCUT2D eigenvalue weighted by Gasteiger charge is -2.21. The molecule has 0 aliphatic rings. The number of tetrazole rings is 1. The highest BCUT2D eigenvalue weighted by Gasteiger charge is 2.24. The molecule has 1 amide bonds. The number of aromatic nitrogens is 4. The van der Waals surface area contributed by atoms with Crippen LogP contribution in [0.5, 0.6) is 0 Å². The van der Waals surface area contributed by atoms with E-state index in [-0.39, 0.29) is 0 Å². The van der Waals surface area contributed by atoms with Crippen LogP contribution >= 0.6 is 0 Å². The largest absolute Gasteiger partial charge is 0.377 e. The number of carbonyl (C=O) groups is 1. The van der Waals surface area contributed by atoms with E-state index in [1.165, 1.54) is 4.90 Å². The second-order valence-electron chi connectivity index (χ2n) is 5.93. The second-order valence-corrected chi connectivity index (χ2v) is 5.93. The molecule has 0 radical (unpaired) electrons. The van der Waals surface area contributed by atoms with Crippen LogP contribution in [0.25, 0.3) is 5.69 Å². The first-order valence-corrected chi connectivity index (χ1v) is 8.32. The van der Waals surface area contributed by atoms with E-state index in [1.807, 2.05) is 26.0 Å². The van der Waals surface area contributed by atoms with Crippen LogP contribution in [0.4, 0.5) is 19.3 Å². The minimum atomic E-state index is -1.06. The first kappa shape index (κ1) is 18.4. The smallest absolute Gasteiger partial charge is 0.292 e. The molecule has 0 spiro atoms. The van der Waals surface area contributed by atoms with E-state index >= 15 is 0 Å². The Morgan fingerprint density at radius 1 is 1.07 bits per heavy atom. The predicted octanol–water partition coefficient (Wildman–Crippen LogP) is 2.90. The van der Waals surface area contributed by atoms with E-state index in [2.05, 4.69) is 10.4 Å². The van der Waals surface area contributed by atoms with Gasteiger partial charge in [-0.15, -0.1) is 4.68 Å². The highest BCUT2D eigenvalue weighted by atomic mass is 19.1. The Kier molecular flexibility index (Phi) is 5.11. The molecule has 140 valence electrons. The number of carbonyl (C=O) groups excluding carboxylic acids is 1. The molecule has 0 aliphatic carbocycles. The molecule has 0 saturated carbocycles. The van der Waals surface area contributed by atoms with E-state index in [9.17, 15) is 18.4 Å². The second kappa shape index (κ2) is 7.48. The molecule has 0 atom stereocenters. The van der Waals surface area contributed by atoms with Gasteiger partial charge in [-0.25, -0.2) is 18.4 Å². The Bertz CT molecular complexity index is 1010. The van der Waals surface area contributed by atoms with Gasteiger partial charge in [-0.2, -0.15) is 4.68 Å². The van der Waals surface area contributed by atoms with Gasteiger partial charge in [0.05, 0.1) is 0 Å². The third-order valence-corrected chi connectivity index (χ3v) is 3.94. The SMILES string of the molecule is CCCN(C(=O)n1nnn(-c2c(F)cccc2F)c1=O)c1ccc(C)cc1. The molecule has 0 aliphatic heterocycles. The monoisotopic (exact) mass is 373 g/mol. The van der Waals surface area contributed by atoms with E-state index in [0.717, 1.165) is 23.8 Å². The highest BCUT2D eigenvalue weighted by Crippen LogP contribution is 2.17. The van der Waals surface area contributed by atoms with Crippen molar-refractivity contribution in [3.05, 3.63) is 70.1 Å². The number of amides is 1. The fourth-order valence-electron chi connectivity index (χ4n) is 2.60. The van der Waals surface area contributed by atoms with Gasteiger partial charge in [0.1, 0.15) is 5.69 Å². The van der Waals surface area contributed by atoms with E-state index in [1.54, 1.807) is 12.1 Å². The summed E-state index contributed by atoms with van der Waals surface area (Å²) in [4.78, 5) is 26.7. The Hall–Kier alpha value is -3.36. The number of benzene rings is 2. The van der Waals surface area contributed by atoms with Crippen LogP contribution in [0.2, 0.25) is 0 Å². The van der Waals surface area contributed by atoms with Crippen LogP contribution < -0.4 is 10.6 Å². The third kappa shape index (κ3) is 3.48. The molecule has 3 aromatic rings. The number of hydrogen-bond donors (Lipinski definition) is 0. The topological polar surface area (TPSA) is 73.0 Å². The van der Waals surface area contributed by atoms with Crippen molar-refractivity contribution in [1.82, 2.24) is 19.8 Å². The quantitative estimate of drug-likeness (QED) is 0.659. The molecule has 0 unspecified atom stereocenters. The number of nitrogens with zero attached hydrogens (tertiary/aromatic N) is 5. The van der Waals surface area contributed by atoms with Crippen LogP contribution in [-0.2, 0) is 0 Å². The number of halogens is 2. The summed E-state index contributed by atoms with van der Waals surface area (Å²) in [6.07, 6.45) is 0.629. The lowest BCUT2D eigenvalue weighted by molar-refractivity contribution is 0.243. The van der Waals surface area contributed by atoms with Crippen molar-refractivity contribution >= 4 is 11.7 Å². The van der Waals surface area contributed by atoms with Crippen LogP contribution in [-0.4, -0.2) is 32.4 Å². The van der Waals surface area contributed by atoms with E-state index in [0.29, 0.717) is 28.0 Å². The van der Waals surface area contributed by atoms with Gasteiger partial charge in [-0.3, -0.25) is 4.90 Å². The Morgan fingerprint density at radius 3 is 2.30 bits per heavy atom. The molecule has 9 heteroatoms. The standard InChI is InChI=1S/C18H17F2N5O2/c1-3-11-23(13-9-7-12(2)8-10-13)17(26)25-18(27)24(21-22-25)16-14(19)5-4-6-15(16)20/h4-10H,3,11H2,1-2H3. The summed E-state index contributed by atoms with van der Waals surface area (Å²) in [5, 5.41) is 6.98. The van der Waals surface area contributed by atoms with Crippen molar-refractivity contribution in [3.8, 4) is 5.69 Å². The molecule has 0 bridgehead atoms. The van der Waals surface area contributed by atoms with Gasteiger partial charge < -0.3 is 0 Å². The van der Waals surface area contributed by atoms with Gasteiger partial charge >= 0.3 is 11.7 Å². The maximum Gasteiger partial charge on any atom is 0.377 e. The maximum absolute atomic E-state index is 13.9. The zero-order valence-corrected chi connectivity index (χ0v) is 14.8. The van der Waals surface area contributed by atoms with Gasteiger partial charge in [0, 0.05) is 12.2 Å². The highest BCUT2D eigenvalue weighted by molar-refractivity contribution is 5.92. The molecule has 0 saturated heterocycles. The lowest BCUT2D eigenvalue weighted by atomic mass is 10.2. The normalized spacial score (nSPS) is 10.8. The summed E-state index contributed by atoms with van der Waals surface area (Å²) in [6.45, 7) is 4.12. The van der Waals surface area contributed by atoms with Gasteiger partial charge in [0.2, 0.25) is 0 Å². The molecule has 7 nitrogen and oxygen atoms in total. The molecular weight excluding hydrogens is 356 g/mol. The van der Waals surface area contributed by atoms with Gasteiger partial charge in [0.15, 0.2) is 11.6 Å². The first-order valence-electron chi connectivity index (χ1n) is 8.32. The number of anilines is 1. The first-order chi connectivity index (χ1) is 12.9. The fourth-order valence-corrected chi connectivity index (χ4v) is 2.60. The molecule has 2 aromatic carbocycles. The zero-order chi connectivity index (χ0) is 19.6. The average Bonchev–Trinajstić information content (AvgIpc) is 3.01. The van der Waals surface area contributed by atoms with Gasteiger partial charge in [-0.05, 0) is 48.0 Å². The molecule has 1 aromatic heterocycles. The molecular formula is C18H17F2N5O2. The minimum absolute atomic E-state index is 0.329. The third-order valence-electron chi connectivity index (χ3n) is 3.94. The average molecular weight is 373 g/mol. The number of para-hydroxylation sites is 1. The molecule has 0 N–H and O–H groups in total. The van der Waals surface area contributed by atoms with Gasteiger partial charge in [0.25, 0.3) is 0 Å². The van der Waals surface area contributed by atoms with Crippen molar-refractivity contribution in [2.24, 2.45) is 0 Å². The number of rotatable bonds is 4. The zero-order valence-electron chi connectivity index (χ0n) is 14.8. The van der Waals surface area contributed by atoms with Crippen LogP contribution in [0.15, 0.2) is 47.3 Å². The number of hydrogen-bond acceptors (Lipinski definition) is 4. The van der Waals surface area contributed by atoms with Crippen molar-refractivity contribution in [2.75, 3.05) is 11.4 Å². The van der Waals surface area contributed by atoms with Crippen LogP contribution in [0.3, 0.4) is 0 Å². The van der Waals surface area contributed by atoms with Gasteiger partial charge in [-0.1, -0.05) is 30.7 Å². The molecule has 0 fully saturated rings. The van der Waals surface area contributed by atoms with Crippen molar-refractivity contribution < 1.29 is 13.6 Å². The summed E-state index contributed by atoms with van der Waals surface area (Å²) < 4.78 is 28.8. The molecule has 3 rings (SSSR count). The Balaban J connectivity index is 2.03. The van der Waals surface area contributed by atoms with Crippen LogP contribution in [0, 0.1) is 18.6 Å². The summed E-state index contributed by atoms with van der Waals surface area (Å²) in [5.74, 6) is -1.97.